The van der Waals surface area contributed by atoms with E-state index in [-0.39, 0.29) is 12.0 Å². The van der Waals surface area contributed by atoms with Crippen LogP contribution < -0.4 is 4.90 Å². The molecule has 1 unspecified atom stereocenters. The minimum absolute atomic E-state index is 0.0863. The summed E-state index contributed by atoms with van der Waals surface area (Å²) in [6.45, 7) is 0.503. The van der Waals surface area contributed by atoms with Crippen molar-refractivity contribution in [3.05, 3.63) is 101 Å². The highest BCUT2D eigenvalue weighted by Gasteiger charge is 2.30. The first-order chi connectivity index (χ1) is 12.3. The van der Waals surface area contributed by atoms with Gasteiger partial charge in [-0.15, -0.1) is 0 Å². The first-order valence-electron chi connectivity index (χ1n) is 8.36. The first-order valence-corrected chi connectivity index (χ1v) is 8.36. The van der Waals surface area contributed by atoms with Gasteiger partial charge in [0, 0.05) is 5.92 Å². The van der Waals surface area contributed by atoms with E-state index in [4.69, 9.17) is 4.74 Å². The molecule has 4 rings (SSSR count). The number of para-hydroxylation sites is 1. The lowest BCUT2D eigenvalue weighted by molar-refractivity contribution is 0.178. The van der Waals surface area contributed by atoms with Crippen LogP contribution in [0.25, 0.3) is 0 Å². The van der Waals surface area contributed by atoms with E-state index >= 15 is 0 Å². The van der Waals surface area contributed by atoms with Gasteiger partial charge in [-0.3, -0.25) is 4.90 Å². The highest BCUT2D eigenvalue weighted by atomic mass is 16.5. The van der Waals surface area contributed by atoms with E-state index in [0.29, 0.717) is 6.54 Å². The summed E-state index contributed by atoms with van der Waals surface area (Å²) in [4.78, 5) is 14.2. The molecule has 0 aromatic heterocycles. The maximum Gasteiger partial charge on any atom is 0.414 e. The molecular weight excluding hydrogens is 310 g/mol. The van der Waals surface area contributed by atoms with Gasteiger partial charge in [0.25, 0.3) is 0 Å². The Labute approximate surface area is 147 Å². The predicted octanol–water partition coefficient (Wildman–Crippen LogP) is 4.95. The molecule has 3 aromatic carbocycles. The van der Waals surface area contributed by atoms with Gasteiger partial charge in [0.2, 0.25) is 0 Å². The molecular formula is C22H19NO2. The summed E-state index contributed by atoms with van der Waals surface area (Å²) in [5.74, 6) is 0.0863. The summed E-state index contributed by atoms with van der Waals surface area (Å²) in [5.41, 5.74) is 5.60. The molecule has 0 spiro atoms. The Morgan fingerprint density at radius 1 is 0.880 bits per heavy atom. The van der Waals surface area contributed by atoms with Gasteiger partial charge >= 0.3 is 6.09 Å². The second kappa shape index (κ2) is 6.44. The molecule has 0 radical (unpaired) electrons. The summed E-state index contributed by atoms with van der Waals surface area (Å²) in [7, 11) is 1.43. The Bertz CT molecular complexity index is 905. The smallest absolute Gasteiger partial charge is 0.414 e. The number of ether oxygens (including phenoxy) is 1. The van der Waals surface area contributed by atoms with Crippen molar-refractivity contribution < 1.29 is 9.53 Å². The summed E-state index contributed by atoms with van der Waals surface area (Å²) in [6, 6.07) is 26.9. The first kappa shape index (κ1) is 15.5. The summed E-state index contributed by atoms with van der Waals surface area (Å²) >= 11 is 0. The zero-order valence-corrected chi connectivity index (χ0v) is 14.1. The van der Waals surface area contributed by atoms with E-state index < -0.39 is 0 Å². The van der Waals surface area contributed by atoms with Crippen molar-refractivity contribution >= 4 is 11.8 Å². The number of anilines is 1. The van der Waals surface area contributed by atoms with Crippen molar-refractivity contribution in [1.29, 1.82) is 0 Å². The molecule has 1 aliphatic rings. The molecule has 124 valence electrons. The Balaban J connectivity index is 2.00. The van der Waals surface area contributed by atoms with E-state index in [9.17, 15) is 4.79 Å². The topological polar surface area (TPSA) is 29.5 Å². The Morgan fingerprint density at radius 2 is 1.52 bits per heavy atom. The number of carbonyl (C=O) groups is 1. The maximum absolute atomic E-state index is 12.4. The van der Waals surface area contributed by atoms with Gasteiger partial charge in [0.1, 0.15) is 0 Å². The zero-order chi connectivity index (χ0) is 17.2. The number of hydrogen-bond acceptors (Lipinski definition) is 2. The molecule has 0 N–H and O–H groups in total. The molecule has 3 aromatic rings. The third kappa shape index (κ3) is 2.68. The normalized spacial score (nSPS) is 15.7. The number of benzene rings is 3. The van der Waals surface area contributed by atoms with E-state index in [2.05, 4.69) is 48.5 Å². The van der Waals surface area contributed by atoms with E-state index in [1.807, 2.05) is 30.3 Å². The molecule has 0 aliphatic carbocycles. The molecule has 3 nitrogen and oxygen atoms in total. The zero-order valence-electron chi connectivity index (χ0n) is 14.1. The largest absolute Gasteiger partial charge is 0.452 e. The van der Waals surface area contributed by atoms with E-state index in [0.717, 1.165) is 16.8 Å². The number of carbonyl (C=O) groups excluding carboxylic acids is 1. The summed E-state index contributed by atoms with van der Waals surface area (Å²) in [6.07, 6.45) is -0.337. The van der Waals surface area contributed by atoms with E-state index in [1.165, 1.54) is 18.2 Å². The van der Waals surface area contributed by atoms with Crippen LogP contribution in [0.1, 0.15) is 28.2 Å². The monoisotopic (exact) mass is 329 g/mol. The van der Waals surface area contributed by atoms with Crippen LogP contribution in [0.15, 0.2) is 78.9 Å². The average Bonchev–Trinajstić information content (AvgIpc) is 2.82. The van der Waals surface area contributed by atoms with Gasteiger partial charge in [-0.05, 0) is 28.3 Å². The molecule has 0 fully saturated rings. The van der Waals surface area contributed by atoms with Crippen LogP contribution in [-0.4, -0.2) is 13.2 Å². The van der Waals surface area contributed by atoms with Crippen LogP contribution in [-0.2, 0) is 11.3 Å². The van der Waals surface area contributed by atoms with Crippen molar-refractivity contribution in [2.45, 2.75) is 12.5 Å². The van der Waals surface area contributed by atoms with Crippen LogP contribution in [0, 0.1) is 0 Å². The van der Waals surface area contributed by atoms with Crippen LogP contribution in [0.3, 0.4) is 0 Å². The number of methoxy groups -OCH3 is 1. The molecule has 1 atom stereocenters. The number of hydrogen-bond donors (Lipinski definition) is 0. The maximum atomic E-state index is 12.4. The van der Waals surface area contributed by atoms with Crippen molar-refractivity contribution in [1.82, 2.24) is 0 Å². The quantitative estimate of drug-likeness (QED) is 0.632. The fourth-order valence-electron chi connectivity index (χ4n) is 3.64. The molecule has 0 saturated carbocycles. The molecule has 0 saturated heterocycles. The fraction of sp³-hybridized carbons (Fsp3) is 0.136. The number of amides is 1. The minimum Gasteiger partial charge on any atom is -0.452 e. The van der Waals surface area contributed by atoms with Crippen LogP contribution in [0.2, 0.25) is 0 Å². The number of rotatable bonds is 1. The SMILES string of the molecule is COC(=O)N1Cc2ccccc2C(c2ccccc2)c2ccccc21. The van der Waals surface area contributed by atoms with Crippen molar-refractivity contribution in [3.63, 3.8) is 0 Å². The Morgan fingerprint density at radius 3 is 2.28 bits per heavy atom. The van der Waals surface area contributed by atoms with Crippen LogP contribution in [0.4, 0.5) is 10.5 Å². The third-order valence-corrected chi connectivity index (χ3v) is 4.76. The summed E-state index contributed by atoms with van der Waals surface area (Å²) in [5, 5.41) is 0. The Kier molecular flexibility index (Phi) is 3.98. The average molecular weight is 329 g/mol. The summed E-state index contributed by atoms with van der Waals surface area (Å²) < 4.78 is 5.05. The molecule has 1 aliphatic heterocycles. The van der Waals surface area contributed by atoms with Crippen molar-refractivity contribution in [3.8, 4) is 0 Å². The second-order valence-corrected chi connectivity index (χ2v) is 6.16. The van der Waals surface area contributed by atoms with Gasteiger partial charge < -0.3 is 4.74 Å². The lowest BCUT2D eigenvalue weighted by Gasteiger charge is -2.23. The lowest BCUT2D eigenvalue weighted by atomic mass is 9.83. The van der Waals surface area contributed by atoms with Crippen molar-refractivity contribution in [2.24, 2.45) is 0 Å². The molecule has 25 heavy (non-hydrogen) atoms. The lowest BCUT2D eigenvalue weighted by Crippen LogP contribution is -2.30. The van der Waals surface area contributed by atoms with Gasteiger partial charge in [0.05, 0.1) is 19.3 Å². The van der Waals surface area contributed by atoms with Gasteiger partial charge in [0.15, 0.2) is 0 Å². The standard InChI is InChI=1S/C22H19NO2/c1-25-22(24)23-15-17-11-5-6-12-18(17)21(16-9-3-2-4-10-16)19-13-7-8-14-20(19)23/h2-14,21H,15H2,1H3. The molecule has 1 heterocycles. The van der Waals surface area contributed by atoms with Gasteiger partial charge in [-0.1, -0.05) is 72.8 Å². The second-order valence-electron chi connectivity index (χ2n) is 6.16. The molecule has 0 bridgehead atoms. The molecule has 3 heteroatoms. The third-order valence-electron chi connectivity index (χ3n) is 4.76. The Hall–Kier alpha value is -3.07. The predicted molar refractivity (Wildman–Crippen MR) is 98.9 cm³/mol. The van der Waals surface area contributed by atoms with Gasteiger partial charge in [-0.25, -0.2) is 4.79 Å². The minimum atomic E-state index is -0.337. The van der Waals surface area contributed by atoms with Gasteiger partial charge in [-0.2, -0.15) is 0 Å². The van der Waals surface area contributed by atoms with Crippen LogP contribution in [0.5, 0.6) is 0 Å². The van der Waals surface area contributed by atoms with Crippen molar-refractivity contribution in [2.75, 3.05) is 12.0 Å². The fourth-order valence-corrected chi connectivity index (χ4v) is 3.64. The van der Waals surface area contributed by atoms with Crippen LogP contribution >= 0.6 is 0 Å². The molecule has 1 amide bonds. The number of nitrogens with zero attached hydrogens (tertiary/aromatic N) is 1. The number of fused-ring (bicyclic) bond motifs is 2. The highest BCUT2D eigenvalue weighted by molar-refractivity contribution is 5.89. The highest BCUT2D eigenvalue weighted by Crippen LogP contribution is 2.42. The van der Waals surface area contributed by atoms with E-state index in [1.54, 1.807) is 4.90 Å².